The van der Waals surface area contributed by atoms with E-state index in [1.807, 2.05) is 47.8 Å². The highest BCUT2D eigenvalue weighted by molar-refractivity contribution is 9.10. The Hall–Kier alpha value is -2.18. The number of benzene rings is 2. The smallest absolute Gasteiger partial charge is 0.259 e. The molecule has 3 rings (SSSR count). The van der Waals surface area contributed by atoms with Gasteiger partial charge in [-0.2, -0.15) is 5.10 Å². The van der Waals surface area contributed by atoms with Crippen molar-refractivity contribution in [3.63, 3.8) is 0 Å². The molecular formula is C17H14BrN3OS. The monoisotopic (exact) mass is 387 g/mol. The van der Waals surface area contributed by atoms with E-state index in [4.69, 9.17) is 0 Å². The van der Waals surface area contributed by atoms with Crippen LogP contribution in [0.2, 0.25) is 0 Å². The molecule has 1 aromatic heterocycles. The van der Waals surface area contributed by atoms with Crippen LogP contribution in [0.5, 0.6) is 0 Å². The molecule has 0 aliphatic heterocycles. The van der Waals surface area contributed by atoms with Crippen molar-refractivity contribution < 1.29 is 4.79 Å². The molecule has 1 heterocycles. The second kappa shape index (κ2) is 7.39. The van der Waals surface area contributed by atoms with Gasteiger partial charge in [0, 0.05) is 20.4 Å². The molecular weight excluding hydrogens is 374 g/mol. The van der Waals surface area contributed by atoms with Crippen LogP contribution >= 0.6 is 27.3 Å². The van der Waals surface area contributed by atoms with Crippen LogP contribution in [-0.4, -0.2) is 18.7 Å². The van der Waals surface area contributed by atoms with Crippen molar-refractivity contribution >= 4 is 55.8 Å². The highest BCUT2D eigenvalue weighted by Gasteiger charge is 2.01. The Bertz CT molecular complexity index is 860. The maximum Gasteiger partial charge on any atom is 0.259 e. The maximum atomic E-state index is 11.8. The Morgan fingerprint density at radius 3 is 2.78 bits per heavy atom. The normalized spacial score (nSPS) is 11.0. The van der Waals surface area contributed by atoms with Gasteiger partial charge in [-0.05, 0) is 44.9 Å². The first-order valence-electron chi connectivity index (χ1n) is 6.99. The number of hydrogen-bond acceptors (Lipinski definition) is 4. The van der Waals surface area contributed by atoms with Crippen LogP contribution in [0.25, 0.3) is 10.8 Å². The van der Waals surface area contributed by atoms with Gasteiger partial charge in [-0.1, -0.05) is 30.3 Å². The van der Waals surface area contributed by atoms with Crippen molar-refractivity contribution in [3.05, 3.63) is 63.3 Å². The van der Waals surface area contributed by atoms with E-state index < -0.39 is 0 Å². The van der Waals surface area contributed by atoms with Crippen molar-refractivity contribution in [1.82, 2.24) is 5.43 Å². The molecule has 23 heavy (non-hydrogen) atoms. The summed E-state index contributed by atoms with van der Waals surface area (Å²) in [6, 6.07) is 16.1. The highest BCUT2D eigenvalue weighted by Crippen LogP contribution is 2.19. The first-order valence-corrected chi connectivity index (χ1v) is 8.66. The fourth-order valence-electron chi connectivity index (χ4n) is 2.09. The van der Waals surface area contributed by atoms with Gasteiger partial charge in [-0.25, -0.2) is 5.43 Å². The van der Waals surface area contributed by atoms with Crippen LogP contribution in [-0.2, 0) is 4.79 Å². The van der Waals surface area contributed by atoms with Crippen LogP contribution in [0, 0.1) is 0 Å². The number of thiophene rings is 1. The summed E-state index contributed by atoms with van der Waals surface area (Å²) in [6.07, 6.45) is 1.63. The van der Waals surface area contributed by atoms with Crippen LogP contribution < -0.4 is 10.7 Å². The van der Waals surface area contributed by atoms with Crippen LogP contribution in [0.1, 0.15) is 4.88 Å². The first-order chi connectivity index (χ1) is 11.2. The van der Waals surface area contributed by atoms with Gasteiger partial charge in [0.05, 0.1) is 12.8 Å². The zero-order chi connectivity index (χ0) is 16.1. The number of hydrogen-bond donors (Lipinski definition) is 2. The summed E-state index contributed by atoms with van der Waals surface area (Å²) in [6.45, 7) is 0.170. The molecule has 0 unspecified atom stereocenters. The van der Waals surface area contributed by atoms with E-state index in [1.165, 1.54) is 5.39 Å². The summed E-state index contributed by atoms with van der Waals surface area (Å²) in [5, 5.41) is 11.3. The molecule has 0 aliphatic carbocycles. The predicted molar refractivity (Wildman–Crippen MR) is 100 cm³/mol. The third-order valence-electron chi connectivity index (χ3n) is 3.17. The zero-order valence-electron chi connectivity index (χ0n) is 12.1. The minimum absolute atomic E-state index is 0.170. The van der Waals surface area contributed by atoms with E-state index in [2.05, 4.69) is 37.8 Å². The van der Waals surface area contributed by atoms with E-state index in [0.717, 1.165) is 20.4 Å². The number of nitrogens with zero attached hydrogens (tertiary/aromatic N) is 1. The summed E-state index contributed by atoms with van der Waals surface area (Å²) in [5.41, 5.74) is 3.41. The first kappa shape index (κ1) is 15.7. The highest BCUT2D eigenvalue weighted by atomic mass is 79.9. The van der Waals surface area contributed by atoms with Gasteiger partial charge >= 0.3 is 0 Å². The molecule has 2 aromatic carbocycles. The van der Waals surface area contributed by atoms with Gasteiger partial charge in [-0.15, -0.1) is 11.3 Å². The zero-order valence-corrected chi connectivity index (χ0v) is 14.5. The number of halogens is 1. The van der Waals surface area contributed by atoms with Crippen LogP contribution in [0.15, 0.2) is 63.5 Å². The second-order valence-electron chi connectivity index (χ2n) is 4.88. The van der Waals surface area contributed by atoms with Gasteiger partial charge in [-0.3, -0.25) is 4.79 Å². The largest absolute Gasteiger partial charge is 0.376 e. The minimum atomic E-state index is -0.190. The number of carbonyl (C=O) groups is 1. The van der Waals surface area contributed by atoms with E-state index in [1.54, 1.807) is 17.6 Å². The lowest BCUT2D eigenvalue weighted by Crippen LogP contribution is -2.25. The molecule has 0 atom stereocenters. The van der Waals surface area contributed by atoms with Crippen molar-refractivity contribution in [2.24, 2.45) is 5.10 Å². The molecule has 4 nitrogen and oxygen atoms in total. The molecule has 3 aromatic rings. The molecule has 0 saturated heterocycles. The topological polar surface area (TPSA) is 53.5 Å². The number of fused-ring (bicyclic) bond motifs is 1. The summed E-state index contributed by atoms with van der Waals surface area (Å²) >= 11 is 4.92. The van der Waals surface area contributed by atoms with E-state index in [0.29, 0.717) is 0 Å². The third kappa shape index (κ3) is 4.40. The lowest BCUT2D eigenvalue weighted by atomic mass is 10.1. The van der Waals surface area contributed by atoms with Crippen molar-refractivity contribution in [2.45, 2.75) is 0 Å². The number of hydrazone groups is 1. The van der Waals surface area contributed by atoms with Gasteiger partial charge in [0.15, 0.2) is 0 Å². The second-order valence-corrected chi connectivity index (χ2v) is 6.73. The van der Waals surface area contributed by atoms with E-state index >= 15 is 0 Å². The predicted octanol–water partition coefficient (Wildman–Crippen LogP) is 4.23. The summed E-state index contributed by atoms with van der Waals surface area (Å²) in [5.74, 6) is -0.190. The molecule has 1 amide bonds. The summed E-state index contributed by atoms with van der Waals surface area (Å²) in [4.78, 5) is 12.8. The number of anilines is 1. The Labute approximate surface area is 146 Å². The van der Waals surface area contributed by atoms with Gasteiger partial charge < -0.3 is 5.32 Å². The molecule has 6 heteroatoms. The average Bonchev–Trinajstić information content (AvgIpc) is 2.98. The third-order valence-corrected chi connectivity index (χ3v) is 4.80. The van der Waals surface area contributed by atoms with E-state index in [9.17, 15) is 4.79 Å². The van der Waals surface area contributed by atoms with Crippen molar-refractivity contribution in [1.29, 1.82) is 0 Å². The van der Waals surface area contributed by atoms with Gasteiger partial charge in [0.25, 0.3) is 5.91 Å². The molecule has 2 N–H and O–H groups in total. The molecule has 0 aliphatic rings. The Balaban J connectivity index is 1.52. The number of nitrogens with one attached hydrogen (secondary N) is 2. The quantitative estimate of drug-likeness (QED) is 0.508. The molecule has 0 spiro atoms. The van der Waals surface area contributed by atoms with Crippen molar-refractivity contribution in [3.8, 4) is 0 Å². The molecule has 0 fully saturated rings. The summed E-state index contributed by atoms with van der Waals surface area (Å²) < 4.78 is 1.01. The molecule has 0 saturated carbocycles. The van der Waals surface area contributed by atoms with E-state index in [-0.39, 0.29) is 12.5 Å². The Kier molecular flexibility index (Phi) is 5.05. The Morgan fingerprint density at radius 2 is 2.00 bits per heavy atom. The molecule has 0 bridgehead atoms. The summed E-state index contributed by atoms with van der Waals surface area (Å²) in [7, 11) is 0. The lowest BCUT2D eigenvalue weighted by Gasteiger charge is -2.06. The van der Waals surface area contributed by atoms with Gasteiger partial charge in [0.2, 0.25) is 0 Å². The fraction of sp³-hybridized carbons (Fsp3) is 0.0588. The lowest BCUT2D eigenvalue weighted by molar-refractivity contribution is -0.119. The maximum absolute atomic E-state index is 11.8. The number of rotatable bonds is 5. The SMILES string of the molecule is O=C(CNc1ccc2ccccc2c1)NN=Cc1cc(Br)cs1. The molecule has 0 radical (unpaired) electrons. The van der Waals surface area contributed by atoms with Gasteiger partial charge in [0.1, 0.15) is 0 Å². The fourth-order valence-corrected chi connectivity index (χ4v) is 3.39. The average molecular weight is 388 g/mol. The van der Waals surface area contributed by atoms with Crippen molar-refractivity contribution in [2.75, 3.05) is 11.9 Å². The standard InChI is InChI=1S/C17H14BrN3OS/c18-14-8-16(23-11-14)9-20-21-17(22)10-19-15-6-5-12-3-1-2-4-13(12)7-15/h1-9,11,19H,10H2,(H,21,22). The minimum Gasteiger partial charge on any atom is -0.376 e. The van der Waals surface area contributed by atoms with Crippen LogP contribution in [0.3, 0.4) is 0 Å². The molecule has 116 valence electrons. The Morgan fingerprint density at radius 1 is 1.17 bits per heavy atom. The number of carbonyl (C=O) groups excluding carboxylic acids is 1. The van der Waals surface area contributed by atoms with Crippen LogP contribution in [0.4, 0.5) is 5.69 Å². The number of amides is 1.